The second-order valence-electron chi connectivity index (χ2n) is 5.06. The highest BCUT2D eigenvalue weighted by molar-refractivity contribution is 7.13. The van der Waals surface area contributed by atoms with Crippen molar-refractivity contribution in [3.05, 3.63) is 34.3 Å². The minimum absolute atomic E-state index is 0.0797. The fraction of sp³-hybridized carbons (Fsp3) is 0.333. The number of carboxylic acids is 1. The predicted octanol–water partition coefficient (Wildman–Crippen LogP) is 4.13. The molecular weight excluding hydrogens is 310 g/mol. The Morgan fingerprint density at radius 1 is 1.48 bits per heavy atom. The van der Waals surface area contributed by atoms with Crippen molar-refractivity contribution in [3.63, 3.8) is 0 Å². The molecule has 2 aromatic rings. The van der Waals surface area contributed by atoms with E-state index in [0.717, 1.165) is 11.3 Å². The van der Waals surface area contributed by atoms with Gasteiger partial charge in [0.2, 0.25) is 0 Å². The van der Waals surface area contributed by atoms with E-state index in [-0.39, 0.29) is 6.42 Å². The largest absolute Gasteiger partial charge is 0.493 e. The predicted molar refractivity (Wildman–Crippen MR) is 84.2 cm³/mol. The van der Waals surface area contributed by atoms with Gasteiger partial charge < -0.3 is 9.84 Å². The van der Waals surface area contributed by atoms with Crippen molar-refractivity contribution in [3.8, 4) is 16.3 Å². The highest BCUT2D eigenvalue weighted by Gasteiger charge is 2.11. The van der Waals surface area contributed by atoms with Crippen LogP contribution < -0.4 is 4.74 Å². The van der Waals surface area contributed by atoms with Gasteiger partial charge in [-0.1, -0.05) is 25.4 Å². The van der Waals surface area contributed by atoms with E-state index in [9.17, 15) is 4.79 Å². The maximum Gasteiger partial charge on any atom is 0.309 e. The second kappa shape index (κ2) is 6.91. The highest BCUT2D eigenvalue weighted by Crippen LogP contribution is 2.33. The van der Waals surface area contributed by atoms with Crippen LogP contribution in [0.3, 0.4) is 0 Å². The summed E-state index contributed by atoms with van der Waals surface area (Å²) in [6, 6.07) is 5.46. The Bertz CT molecular complexity index is 640. The van der Waals surface area contributed by atoms with Crippen LogP contribution in [0.5, 0.6) is 5.75 Å². The SMILES string of the molecule is CC(C)COc1ccc(-c2nc(CC(=O)O)cs2)c(Cl)c1. The van der Waals surface area contributed by atoms with Crippen LogP contribution in [-0.4, -0.2) is 22.7 Å². The summed E-state index contributed by atoms with van der Waals surface area (Å²) in [7, 11) is 0. The third-order valence-corrected chi connectivity index (χ3v) is 3.88. The molecule has 0 spiro atoms. The van der Waals surface area contributed by atoms with Gasteiger partial charge in [-0.2, -0.15) is 0 Å². The molecule has 1 N–H and O–H groups in total. The molecule has 0 bridgehead atoms. The molecule has 0 atom stereocenters. The van der Waals surface area contributed by atoms with Crippen LogP contribution in [0, 0.1) is 5.92 Å². The number of hydrogen-bond acceptors (Lipinski definition) is 4. The van der Waals surface area contributed by atoms with Crippen LogP contribution in [-0.2, 0) is 11.2 Å². The van der Waals surface area contributed by atoms with Crippen molar-refractivity contribution >= 4 is 28.9 Å². The first-order chi connectivity index (χ1) is 9.95. The molecule has 0 unspecified atom stereocenters. The first-order valence-corrected chi connectivity index (χ1v) is 7.80. The molecule has 1 heterocycles. The number of benzene rings is 1. The molecule has 0 saturated carbocycles. The fourth-order valence-electron chi connectivity index (χ4n) is 1.69. The Balaban J connectivity index is 2.16. The number of ether oxygens (including phenoxy) is 1. The quantitative estimate of drug-likeness (QED) is 0.867. The van der Waals surface area contributed by atoms with Crippen LogP contribution in [0.1, 0.15) is 19.5 Å². The minimum atomic E-state index is -0.893. The van der Waals surface area contributed by atoms with Crippen LogP contribution in [0.15, 0.2) is 23.6 Å². The molecule has 0 saturated heterocycles. The smallest absolute Gasteiger partial charge is 0.309 e. The number of nitrogens with zero attached hydrogens (tertiary/aromatic N) is 1. The summed E-state index contributed by atoms with van der Waals surface area (Å²) in [6.45, 7) is 4.79. The Morgan fingerprint density at radius 3 is 2.86 bits per heavy atom. The van der Waals surface area contributed by atoms with Gasteiger partial charge in [-0.25, -0.2) is 4.98 Å². The van der Waals surface area contributed by atoms with Crippen molar-refractivity contribution in [1.29, 1.82) is 0 Å². The third-order valence-electron chi connectivity index (χ3n) is 2.64. The topological polar surface area (TPSA) is 59.4 Å². The lowest BCUT2D eigenvalue weighted by atomic mass is 10.2. The monoisotopic (exact) mass is 325 g/mol. The first kappa shape index (κ1) is 15.8. The van der Waals surface area contributed by atoms with E-state index in [1.807, 2.05) is 12.1 Å². The summed E-state index contributed by atoms with van der Waals surface area (Å²) in [5, 5.41) is 11.8. The van der Waals surface area contributed by atoms with E-state index in [2.05, 4.69) is 18.8 Å². The van der Waals surface area contributed by atoms with Crippen LogP contribution in [0.25, 0.3) is 10.6 Å². The molecule has 0 aliphatic heterocycles. The summed E-state index contributed by atoms with van der Waals surface area (Å²) in [5.41, 5.74) is 1.33. The number of halogens is 1. The van der Waals surface area contributed by atoms with Crippen molar-refractivity contribution in [2.45, 2.75) is 20.3 Å². The number of carboxylic acid groups (broad SMARTS) is 1. The molecule has 4 nitrogen and oxygen atoms in total. The zero-order chi connectivity index (χ0) is 15.4. The molecule has 1 aromatic carbocycles. The van der Waals surface area contributed by atoms with Gasteiger partial charge in [-0.05, 0) is 24.1 Å². The second-order valence-corrected chi connectivity index (χ2v) is 6.33. The van der Waals surface area contributed by atoms with E-state index in [1.54, 1.807) is 11.4 Å². The molecule has 112 valence electrons. The molecule has 0 fully saturated rings. The van der Waals surface area contributed by atoms with Gasteiger partial charge in [-0.3, -0.25) is 4.79 Å². The van der Waals surface area contributed by atoms with Gasteiger partial charge in [0.25, 0.3) is 0 Å². The van der Waals surface area contributed by atoms with Gasteiger partial charge >= 0.3 is 5.97 Å². The fourth-order valence-corrected chi connectivity index (χ4v) is 2.86. The molecule has 6 heteroatoms. The zero-order valence-electron chi connectivity index (χ0n) is 11.8. The lowest BCUT2D eigenvalue weighted by Gasteiger charge is -2.10. The van der Waals surface area contributed by atoms with E-state index >= 15 is 0 Å². The van der Waals surface area contributed by atoms with Crippen LogP contribution in [0.4, 0.5) is 0 Å². The van der Waals surface area contributed by atoms with E-state index in [0.29, 0.717) is 28.2 Å². The molecule has 0 aliphatic rings. The summed E-state index contributed by atoms with van der Waals surface area (Å²) in [4.78, 5) is 15.0. The molecule has 0 amide bonds. The number of aliphatic carboxylic acids is 1. The number of hydrogen-bond donors (Lipinski definition) is 1. The van der Waals surface area contributed by atoms with Gasteiger partial charge in [0.15, 0.2) is 0 Å². The lowest BCUT2D eigenvalue weighted by molar-refractivity contribution is -0.136. The average molecular weight is 326 g/mol. The van der Waals surface area contributed by atoms with Crippen LogP contribution in [0.2, 0.25) is 5.02 Å². The van der Waals surface area contributed by atoms with Crippen molar-refractivity contribution in [2.24, 2.45) is 5.92 Å². The van der Waals surface area contributed by atoms with E-state index in [4.69, 9.17) is 21.4 Å². The summed E-state index contributed by atoms with van der Waals surface area (Å²) in [6.07, 6.45) is -0.0797. The lowest BCUT2D eigenvalue weighted by Crippen LogP contribution is -2.04. The Morgan fingerprint density at radius 2 is 2.24 bits per heavy atom. The maximum absolute atomic E-state index is 10.7. The minimum Gasteiger partial charge on any atom is -0.493 e. The first-order valence-electron chi connectivity index (χ1n) is 6.54. The average Bonchev–Trinajstić information content (AvgIpc) is 2.83. The molecule has 2 rings (SSSR count). The molecule has 21 heavy (non-hydrogen) atoms. The molecule has 0 radical (unpaired) electrons. The van der Waals surface area contributed by atoms with Gasteiger partial charge in [0.1, 0.15) is 10.8 Å². The summed E-state index contributed by atoms with van der Waals surface area (Å²) < 4.78 is 5.62. The third kappa shape index (κ3) is 4.44. The van der Waals surface area contributed by atoms with Crippen molar-refractivity contribution in [2.75, 3.05) is 6.61 Å². The van der Waals surface area contributed by atoms with Gasteiger partial charge in [0.05, 0.1) is 23.7 Å². The van der Waals surface area contributed by atoms with Gasteiger partial charge in [-0.15, -0.1) is 11.3 Å². The van der Waals surface area contributed by atoms with E-state index in [1.165, 1.54) is 11.3 Å². The normalized spacial score (nSPS) is 10.9. The molecule has 0 aliphatic carbocycles. The number of aromatic nitrogens is 1. The number of carbonyl (C=O) groups is 1. The van der Waals surface area contributed by atoms with E-state index < -0.39 is 5.97 Å². The molecular formula is C15H16ClNO3S. The molecule has 1 aromatic heterocycles. The summed E-state index contributed by atoms with van der Waals surface area (Å²) in [5.74, 6) is 0.274. The van der Waals surface area contributed by atoms with Gasteiger partial charge in [0, 0.05) is 10.9 Å². The zero-order valence-corrected chi connectivity index (χ0v) is 13.4. The van der Waals surface area contributed by atoms with Crippen molar-refractivity contribution < 1.29 is 14.6 Å². The standard InChI is InChI=1S/C15H16ClNO3S/c1-9(2)7-20-11-3-4-12(13(16)6-11)15-17-10(8-21-15)5-14(18)19/h3-4,6,8-9H,5,7H2,1-2H3,(H,18,19). The Kier molecular flexibility index (Phi) is 5.20. The number of rotatable bonds is 6. The Hall–Kier alpha value is -1.59. The number of thiazole rings is 1. The summed E-state index contributed by atoms with van der Waals surface area (Å²) >= 11 is 7.65. The Labute approximate surface area is 132 Å². The van der Waals surface area contributed by atoms with Crippen molar-refractivity contribution in [1.82, 2.24) is 4.98 Å². The van der Waals surface area contributed by atoms with Crippen LogP contribution >= 0.6 is 22.9 Å². The highest BCUT2D eigenvalue weighted by atomic mass is 35.5. The maximum atomic E-state index is 10.7.